The lowest BCUT2D eigenvalue weighted by molar-refractivity contribution is -0.137. The van der Waals surface area contributed by atoms with Gasteiger partial charge in [-0.2, -0.15) is 23.3 Å². The fourth-order valence-electron chi connectivity index (χ4n) is 4.66. The van der Waals surface area contributed by atoms with Crippen LogP contribution >= 0.6 is 0 Å². The van der Waals surface area contributed by atoms with Crippen molar-refractivity contribution >= 4 is 29.0 Å². The van der Waals surface area contributed by atoms with Crippen LogP contribution in [0, 0.1) is 5.82 Å². The number of carbonyl (C=O) groups is 1. The third-order valence-corrected chi connectivity index (χ3v) is 7.11. The summed E-state index contributed by atoms with van der Waals surface area (Å²) in [6.07, 6.45) is 2.03. The van der Waals surface area contributed by atoms with Gasteiger partial charge in [-0.15, -0.1) is 0 Å². The van der Waals surface area contributed by atoms with Crippen molar-refractivity contribution in [3.05, 3.63) is 71.6 Å². The Morgan fingerprint density at radius 1 is 1.02 bits per heavy atom. The first-order chi connectivity index (χ1) is 21.1. The lowest BCUT2D eigenvalue weighted by atomic mass is 9.94. The number of aliphatic hydroxyl groups excluding tert-OH is 1. The average molecular weight is 615 g/mol. The molecule has 4 aromatic rings. The van der Waals surface area contributed by atoms with E-state index in [4.69, 9.17) is 5.11 Å². The second-order valence-corrected chi connectivity index (χ2v) is 10.1. The number of aliphatic hydroxyl groups is 1. The van der Waals surface area contributed by atoms with E-state index >= 15 is 0 Å². The largest absolute Gasteiger partial charge is 0.421 e. The molecular weight excluding hydrogens is 580 g/mol. The topological polar surface area (TPSA) is 130 Å². The molecule has 10 nitrogen and oxygen atoms in total. The van der Waals surface area contributed by atoms with Crippen LogP contribution in [0.3, 0.4) is 0 Å². The summed E-state index contributed by atoms with van der Waals surface area (Å²) in [6.45, 7) is 4.66. The van der Waals surface area contributed by atoms with Crippen molar-refractivity contribution in [2.75, 3.05) is 24.3 Å². The lowest BCUT2D eigenvalue weighted by Crippen LogP contribution is -2.21. The van der Waals surface area contributed by atoms with Gasteiger partial charge in [0.05, 0.1) is 23.3 Å². The Morgan fingerprint density at radius 3 is 2.43 bits per heavy atom. The molecule has 0 saturated heterocycles. The maximum atomic E-state index is 14.9. The lowest BCUT2D eigenvalue weighted by Gasteiger charge is -2.17. The number of nitrogens with one attached hydrogen (secondary N) is 3. The smallest absolute Gasteiger partial charge is 0.396 e. The van der Waals surface area contributed by atoms with Crippen LogP contribution in [-0.4, -0.2) is 49.4 Å². The summed E-state index contributed by atoms with van der Waals surface area (Å²) >= 11 is 0. The van der Waals surface area contributed by atoms with Crippen molar-refractivity contribution in [3.8, 4) is 11.3 Å². The minimum Gasteiger partial charge on any atom is -0.396 e. The number of hydrogen-bond donors (Lipinski definition) is 4. The van der Waals surface area contributed by atoms with Crippen molar-refractivity contribution in [3.63, 3.8) is 0 Å². The highest BCUT2D eigenvalue weighted by Gasteiger charge is 2.36. The second kappa shape index (κ2) is 14.3. The zero-order valence-corrected chi connectivity index (χ0v) is 24.5. The molecule has 14 heteroatoms. The molecule has 4 rings (SSSR count). The SMILES string of the molecule is CCC(CC)c1ccc(Nc2ncc(C(F)(F)F)c(Nc3ccc(-c4cnn(CCCCO)c4)nc3C(=O)NC)n2)c(F)c1. The molecule has 1 amide bonds. The van der Waals surface area contributed by atoms with E-state index in [1.54, 1.807) is 23.1 Å². The predicted molar refractivity (Wildman–Crippen MR) is 158 cm³/mol. The molecule has 1 aromatic carbocycles. The number of hydrogen-bond acceptors (Lipinski definition) is 8. The molecule has 0 fully saturated rings. The van der Waals surface area contributed by atoms with Gasteiger partial charge in [-0.05, 0) is 61.4 Å². The first-order valence-electron chi connectivity index (χ1n) is 14.2. The van der Waals surface area contributed by atoms with Crippen LogP contribution in [0.1, 0.15) is 67.1 Å². The van der Waals surface area contributed by atoms with Gasteiger partial charge in [0.25, 0.3) is 5.91 Å². The fourth-order valence-corrected chi connectivity index (χ4v) is 4.66. The van der Waals surface area contributed by atoms with Crippen molar-refractivity contribution in [1.29, 1.82) is 0 Å². The highest BCUT2D eigenvalue weighted by atomic mass is 19.4. The van der Waals surface area contributed by atoms with Crippen LogP contribution in [0.25, 0.3) is 11.3 Å². The Morgan fingerprint density at radius 2 is 1.77 bits per heavy atom. The van der Waals surface area contributed by atoms with E-state index in [9.17, 15) is 22.4 Å². The van der Waals surface area contributed by atoms with E-state index in [1.807, 2.05) is 13.8 Å². The molecule has 0 aliphatic carbocycles. The number of carbonyl (C=O) groups excluding carboxylic acids is 1. The Labute approximate surface area is 252 Å². The molecule has 0 saturated carbocycles. The fraction of sp³-hybridized carbons (Fsp3) is 0.367. The number of aryl methyl sites for hydroxylation is 1. The van der Waals surface area contributed by atoms with E-state index in [-0.39, 0.29) is 35.5 Å². The third kappa shape index (κ3) is 7.67. The molecule has 0 atom stereocenters. The maximum Gasteiger partial charge on any atom is 0.421 e. The minimum atomic E-state index is -4.84. The standard InChI is InChI=1S/C30H34F4N8O2/c1-4-18(5-2)19-8-9-24(22(31)14-19)40-29-36-16-21(30(32,33)34)27(41-29)39-25-11-10-23(38-26(25)28(44)35-3)20-15-37-42(17-20)12-6-7-13-43/h8-11,14-18,43H,4-7,12-13H2,1-3H3,(H,35,44)(H2,36,39,40,41). The highest BCUT2D eigenvalue weighted by Crippen LogP contribution is 2.36. The number of unbranched alkanes of at least 4 members (excludes halogenated alkanes) is 1. The van der Waals surface area contributed by atoms with Gasteiger partial charge in [-0.1, -0.05) is 19.9 Å². The van der Waals surface area contributed by atoms with Gasteiger partial charge in [0.15, 0.2) is 5.69 Å². The molecule has 234 valence electrons. The number of amides is 1. The molecule has 0 aliphatic heterocycles. The summed E-state index contributed by atoms with van der Waals surface area (Å²) < 4.78 is 58.5. The highest BCUT2D eigenvalue weighted by molar-refractivity contribution is 5.98. The van der Waals surface area contributed by atoms with Gasteiger partial charge in [-0.25, -0.2) is 14.4 Å². The summed E-state index contributed by atoms with van der Waals surface area (Å²) in [5, 5.41) is 20.9. The van der Waals surface area contributed by atoms with Gasteiger partial charge < -0.3 is 21.1 Å². The molecule has 0 radical (unpaired) electrons. The number of halogens is 4. The Bertz CT molecular complexity index is 1590. The summed E-state index contributed by atoms with van der Waals surface area (Å²) in [7, 11) is 1.37. The summed E-state index contributed by atoms with van der Waals surface area (Å²) in [5.41, 5.74) is 0.369. The number of alkyl halides is 3. The van der Waals surface area contributed by atoms with E-state index in [0.29, 0.717) is 36.8 Å². The predicted octanol–water partition coefficient (Wildman–Crippen LogP) is 6.42. The van der Waals surface area contributed by atoms with Crippen LogP contribution < -0.4 is 16.0 Å². The first-order valence-corrected chi connectivity index (χ1v) is 14.2. The molecule has 3 heterocycles. The van der Waals surface area contributed by atoms with Crippen molar-refractivity contribution in [2.45, 2.75) is 58.2 Å². The molecular formula is C30H34F4N8O2. The molecule has 0 bridgehead atoms. The van der Waals surface area contributed by atoms with Crippen LogP contribution in [0.15, 0.2) is 48.9 Å². The van der Waals surface area contributed by atoms with Gasteiger partial charge in [-0.3, -0.25) is 9.48 Å². The van der Waals surface area contributed by atoms with Crippen LogP contribution in [0.2, 0.25) is 0 Å². The van der Waals surface area contributed by atoms with E-state index in [0.717, 1.165) is 18.4 Å². The van der Waals surface area contributed by atoms with Crippen molar-refractivity contribution in [1.82, 2.24) is 30.0 Å². The first kappa shape index (κ1) is 32.3. The van der Waals surface area contributed by atoms with Crippen LogP contribution in [0.5, 0.6) is 0 Å². The molecule has 4 N–H and O–H groups in total. The normalized spacial score (nSPS) is 11.6. The Kier molecular flexibility index (Phi) is 10.5. The van der Waals surface area contributed by atoms with Crippen LogP contribution in [0.4, 0.5) is 40.7 Å². The number of rotatable bonds is 13. The monoisotopic (exact) mass is 614 g/mol. The van der Waals surface area contributed by atoms with Gasteiger partial charge in [0, 0.05) is 38.2 Å². The zero-order chi connectivity index (χ0) is 31.9. The van der Waals surface area contributed by atoms with Crippen LogP contribution in [-0.2, 0) is 12.7 Å². The third-order valence-electron chi connectivity index (χ3n) is 7.11. The number of aromatic nitrogens is 5. The Hall–Kier alpha value is -4.59. The average Bonchev–Trinajstić information content (AvgIpc) is 3.47. The minimum absolute atomic E-state index is 0.000564. The molecule has 44 heavy (non-hydrogen) atoms. The zero-order valence-electron chi connectivity index (χ0n) is 24.5. The van der Waals surface area contributed by atoms with Gasteiger partial charge in [0.1, 0.15) is 17.2 Å². The van der Waals surface area contributed by atoms with Gasteiger partial charge in [0.2, 0.25) is 5.95 Å². The summed E-state index contributed by atoms with van der Waals surface area (Å²) in [5.74, 6) is -2.00. The van der Waals surface area contributed by atoms with Crippen molar-refractivity contribution in [2.24, 2.45) is 0 Å². The molecule has 0 unspecified atom stereocenters. The summed E-state index contributed by atoms with van der Waals surface area (Å²) in [6, 6.07) is 7.60. The summed E-state index contributed by atoms with van der Waals surface area (Å²) in [4.78, 5) is 24.9. The quantitative estimate of drug-likeness (QED) is 0.100. The molecule has 3 aromatic heterocycles. The molecule has 0 spiro atoms. The van der Waals surface area contributed by atoms with E-state index in [1.165, 1.54) is 31.3 Å². The van der Waals surface area contributed by atoms with E-state index < -0.39 is 29.3 Å². The number of anilines is 4. The second-order valence-electron chi connectivity index (χ2n) is 10.1. The van der Waals surface area contributed by atoms with E-state index in [2.05, 4.69) is 36.0 Å². The Balaban J connectivity index is 1.66. The van der Waals surface area contributed by atoms with Crippen molar-refractivity contribution < 1.29 is 27.5 Å². The van der Waals surface area contributed by atoms with Gasteiger partial charge >= 0.3 is 6.18 Å². The number of nitrogens with zero attached hydrogens (tertiary/aromatic N) is 5. The number of pyridine rings is 1. The number of benzene rings is 1. The molecule has 0 aliphatic rings. The maximum absolute atomic E-state index is 14.9.